The quantitative estimate of drug-likeness (QED) is 0.675. The van der Waals surface area contributed by atoms with E-state index in [0.29, 0.717) is 5.41 Å². The van der Waals surface area contributed by atoms with Crippen LogP contribution in [0.5, 0.6) is 0 Å². The second-order valence-electron chi connectivity index (χ2n) is 7.44. The normalized spacial score (nSPS) is 19.0. The van der Waals surface area contributed by atoms with Crippen LogP contribution in [0.15, 0.2) is 25.3 Å². The zero-order chi connectivity index (χ0) is 15.1. The van der Waals surface area contributed by atoms with Gasteiger partial charge in [0.15, 0.2) is 0 Å². The minimum absolute atomic E-state index is 0.201. The van der Waals surface area contributed by atoms with Crippen molar-refractivity contribution in [2.45, 2.75) is 58.4 Å². The zero-order valence-corrected chi connectivity index (χ0v) is 13.9. The Hall–Kier alpha value is -0.600. The third kappa shape index (κ3) is 6.23. The molecule has 1 rings (SSSR count). The third-order valence-corrected chi connectivity index (χ3v) is 4.24. The molecule has 0 spiro atoms. The molecule has 0 bridgehead atoms. The smallest absolute Gasteiger partial charge is 0.0164 e. The molecule has 0 aromatic heterocycles. The lowest BCUT2D eigenvalue weighted by molar-refractivity contribution is 0.107. The van der Waals surface area contributed by atoms with Crippen molar-refractivity contribution in [3.05, 3.63) is 25.3 Å². The Kier molecular flexibility index (Phi) is 6.97. The van der Waals surface area contributed by atoms with Crippen molar-refractivity contribution in [3.63, 3.8) is 0 Å². The maximum atomic E-state index is 3.89. The molecule has 0 heterocycles. The van der Waals surface area contributed by atoms with E-state index in [1.54, 1.807) is 0 Å². The van der Waals surface area contributed by atoms with Crippen LogP contribution >= 0.6 is 0 Å². The van der Waals surface area contributed by atoms with Gasteiger partial charge in [0.05, 0.1) is 0 Å². The van der Waals surface area contributed by atoms with Gasteiger partial charge in [-0.05, 0) is 39.0 Å². The number of hydrogen-bond donors (Lipinski definition) is 1. The summed E-state index contributed by atoms with van der Waals surface area (Å²) in [5.74, 6) is 0. The van der Waals surface area contributed by atoms with Crippen LogP contribution in [-0.2, 0) is 0 Å². The molecule has 1 N–H and O–H groups in total. The molecule has 0 amide bonds. The minimum atomic E-state index is 0.201. The molecule has 2 heteroatoms. The maximum Gasteiger partial charge on any atom is 0.0164 e. The Bertz CT molecular complexity index is 285. The first kappa shape index (κ1) is 17.5. The highest BCUT2D eigenvalue weighted by molar-refractivity contribution is 4.92. The summed E-state index contributed by atoms with van der Waals surface area (Å²) in [4.78, 5) is 2.48. The fourth-order valence-electron chi connectivity index (χ4n) is 3.19. The fourth-order valence-corrected chi connectivity index (χ4v) is 3.19. The molecule has 0 aromatic carbocycles. The van der Waals surface area contributed by atoms with Crippen molar-refractivity contribution in [1.29, 1.82) is 0 Å². The number of hydrogen-bond acceptors (Lipinski definition) is 2. The van der Waals surface area contributed by atoms with Gasteiger partial charge in [0.2, 0.25) is 0 Å². The van der Waals surface area contributed by atoms with E-state index < -0.39 is 0 Å². The van der Waals surface area contributed by atoms with Gasteiger partial charge in [0.25, 0.3) is 0 Å². The van der Waals surface area contributed by atoms with E-state index in [4.69, 9.17) is 0 Å². The molecule has 1 saturated carbocycles. The highest BCUT2D eigenvalue weighted by atomic mass is 15.1. The van der Waals surface area contributed by atoms with Gasteiger partial charge < -0.3 is 5.32 Å². The molecule has 1 aliphatic rings. The Morgan fingerprint density at radius 3 is 2.05 bits per heavy atom. The van der Waals surface area contributed by atoms with Crippen LogP contribution in [0.2, 0.25) is 0 Å². The molecular weight excluding hydrogens is 244 g/mol. The average Bonchev–Trinajstić information content (AvgIpc) is 2.38. The first-order valence-electron chi connectivity index (χ1n) is 8.10. The van der Waals surface area contributed by atoms with Crippen LogP contribution in [0.3, 0.4) is 0 Å². The number of nitrogens with one attached hydrogen (secondary N) is 1. The molecule has 0 radical (unpaired) electrons. The van der Waals surface area contributed by atoms with Crippen molar-refractivity contribution in [3.8, 4) is 0 Å². The average molecular weight is 278 g/mol. The van der Waals surface area contributed by atoms with Gasteiger partial charge in [-0.1, -0.05) is 31.4 Å². The van der Waals surface area contributed by atoms with Gasteiger partial charge in [-0.3, -0.25) is 4.90 Å². The lowest BCUT2D eigenvalue weighted by atomic mass is 9.73. The largest absolute Gasteiger partial charge is 0.311 e. The fraction of sp³-hybridized carbons (Fsp3) is 0.778. The second-order valence-corrected chi connectivity index (χ2v) is 7.44. The predicted molar refractivity (Wildman–Crippen MR) is 90.1 cm³/mol. The van der Waals surface area contributed by atoms with Crippen LogP contribution in [0.4, 0.5) is 0 Å². The predicted octanol–water partition coefficient (Wildman–Crippen LogP) is 4.00. The summed E-state index contributed by atoms with van der Waals surface area (Å²) in [5, 5.41) is 3.74. The molecule has 20 heavy (non-hydrogen) atoms. The van der Waals surface area contributed by atoms with E-state index in [2.05, 4.69) is 44.1 Å². The van der Waals surface area contributed by atoms with E-state index in [0.717, 1.165) is 26.2 Å². The molecular formula is C18H34N2. The lowest BCUT2D eigenvalue weighted by Gasteiger charge is -2.42. The Morgan fingerprint density at radius 1 is 1.05 bits per heavy atom. The standard InChI is InChI=1S/C18H34N2/c1-6-13-20(14-7-2)16-18(11-9-8-10-12-18)15-19-17(3,4)5/h6-7,19H,1-2,8-16H2,3-5H3. The summed E-state index contributed by atoms with van der Waals surface area (Å²) < 4.78 is 0. The Morgan fingerprint density at radius 2 is 1.60 bits per heavy atom. The van der Waals surface area contributed by atoms with Crippen molar-refractivity contribution < 1.29 is 0 Å². The van der Waals surface area contributed by atoms with Gasteiger partial charge >= 0.3 is 0 Å². The van der Waals surface area contributed by atoms with E-state index in [-0.39, 0.29) is 5.54 Å². The molecule has 1 aliphatic carbocycles. The molecule has 2 nitrogen and oxygen atoms in total. The van der Waals surface area contributed by atoms with Gasteiger partial charge in [0, 0.05) is 31.7 Å². The van der Waals surface area contributed by atoms with Crippen LogP contribution in [0.1, 0.15) is 52.9 Å². The second kappa shape index (κ2) is 7.99. The topological polar surface area (TPSA) is 15.3 Å². The van der Waals surface area contributed by atoms with E-state index in [9.17, 15) is 0 Å². The summed E-state index contributed by atoms with van der Waals surface area (Å²) in [6.07, 6.45) is 10.9. The van der Waals surface area contributed by atoms with E-state index in [1.807, 2.05) is 12.2 Å². The number of rotatable bonds is 8. The lowest BCUT2D eigenvalue weighted by Crippen LogP contribution is -2.49. The molecule has 0 saturated heterocycles. The van der Waals surface area contributed by atoms with Crippen molar-refractivity contribution in [2.24, 2.45) is 5.41 Å². The summed E-state index contributed by atoms with van der Waals surface area (Å²) in [6.45, 7) is 18.8. The van der Waals surface area contributed by atoms with Gasteiger partial charge in [-0.15, -0.1) is 13.2 Å². The van der Waals surface area contributed by atoms with Crippen LogP contribution in [0.25, 0.3) is 0 Å². The molecule has 1 fully saturated rings. The third-order valence-electron chi connectivity index (χ3n) is 4.24. The molecule has 116 valence electrons. The van der Waals surface area contributed by atoms with Crippen LogP contribution in [0, 0.1) is 5.41 Å². The molecule has 0 aromatic rings. The van der Waals surface area contributed by atoms with Gasteiger partial charge in [-0.2, -0.15) is 0 Å². The zero-order valence-electron chi connectivity index (χ0n) is 13.9. The van der Waals surface area contributed by atoms with Crippen LogP contribution < -0.4 is 5.32 Å². The Balaban J connectivity index is 2.70. The summed E-state index contributed by atoms with van der Waals surface area (Å²) >= 11 is 0. The first-order chi connectivity index (χ1) is 9.41. The van der Waals surface area contributed by atoms with Gasteiger partial charge in [0.1, 0.15) is 0 Å². The van der Waals surface area contributed by atoms with E-state index >= 15 is 0 Å². The van der Waals surface area contributed by atoms with Crippen molar-refractivity contribution in [1.82, 2.24) is 10.2 Å². The number of nitrogens with zero attached hydrogens (tertiary/aromatic N) is 1. The van der Waals surface area contributed by atoms with Crippen LogP contribution in [-0.4, -0.2) is 36.6 Å². The van der Waals surface area contributed by atoms with Gasteiger partial charge in [-0.25, -0.2) is 0 Å². The SMILES string of the molecule is C=CCN(CC=C)CC1(CNC(C)(C)C)CCCCC1. The maximum absolute atomic E-state index is 3.89. The van der Waals surface area contributed by atoms with Crippen molar-refractivity contribution >= 4 is 0 Å². The Labute approximate surface area is 126 Å². The summed E-state index contributed by atoms with van der Waals surface area (Å²) in [7, 11) is 0. The molecule has 0 unspecified atom stereocenters. The monoisotopic (exact) mass is 278 g/mol. The summed E-state index contributed by atoms with van der Waals surface area (Å²) in [5.41, 5.74) is 0.629. The first-order valence-corrected chi connectivity index (χ1v) is 8.10. The highest BCUT2D eigenvalue weighted by Crippen LogP contribution is 2.37. The van der Waals surface area contributed by atoms with E-state index in [1.165, 1.54) is 32.1 Å². The highest BCUT2D eigenvalue weighted by Gasteiger charge is 2.34. The molecule has 0 aliphatic heterocycles. The summed E-state index contributed by atoms with van der Waals surface area (Å²) in [6, 6.07) is 0. The molecule has 0 atom stereocenters. The minimum Gasteiger partial charge on any atom is -0.311 e. The van der Waals surface area contributed by atoms with Crippen molar-refractivity contribution in [2.75, 3.05) is 26.2 Å².